The lowest BCUT2D eigenvalue weighted by Gasteiger charge is -2.40. The van der Waals surface area contributed by atoms with E-state index in [1.807, 2.05) is 18.2 Å². The number of anilines is 2. The highest BCUT2D eigenvalue weighted by Gasteiger charge is 2.27. The first kappa shape index (κ1) is 24.4. The van der Waals surface area contributed by atoms with Gasteiger partial charge < -0.3 is 19.7 Å². The van der Waals surface area contributed by atoms with Crippen LogP contribution >= 0.6 is 0 Å². The van der Waals surface area contributed by atoms with E-state index in [1.54, 1.807) is 12.1 Å². The van der Waals surface area contributed by atoms with Gasteiger partial charge in [0.25, 0.3) is 5.91 Å². The van der Waals surface area contributed by atoms with Crippen LogP contribution in [0, 0.1) is 0 Å². The van der Waals surface area contributed by atoms with E-state index in [1.165, 1.54) is 11.2 Å². The Kier molecular flexibility index (Phi) is 8.99. The number of ether oxygens (including phenoxy) is 2. The molecule has 0 bridgehead atoms. The van der Waals surface area contributed by atoms with E-state index in [9.17, 15) is 4.79 Å². The summed E-state index contributed by atoms with van der Waals surface area (Å²) in [5, 5.41) is 6.40. The Balaban J connectivity index is 1.76. The van der Waals surface area contributed by atoms with Gasteiger partial charge >= 0.3 is 0 Å². The summed E-state index contributed by atoms with van der Waals surface area (Å²) in [7, 11) is 1.69. The van der Waals surface area contributed by atoms with Gasteiger partial charge in [0.15, 0.2) is 0 Å². The first-order chi connectivity index (χ1) is 16.0. The van der Waals surface area contributed by atoms with Crippen molar-refractivity contribution in [1.29, 1.82) is 0 Å². The number of hydrogen-bond acceptors (Lipinski definition) is 7. The molecule has 1 aromatic carbocycles. The minimum atomic E-state index is -0.352. The predicted octanol–water partition coefficient (Wildman–Crippen LogP) is 2.36. The van der Waals surface area contributed by atoms with Crippen LogP contribution < -0.4 is 15.6 Å². The Morgan fingerprint density at radius 3 is 2.73 bits per heavy atom. The van der Waals surface area contributed by atoms with Crippen molar-refractivity contribution in [2.24, 2.45) is 9.98 Å². The largest absolute Gasteiger partial charge is 0.378 e. The number of morpholine rings is 1. The number of carbonyl (C=O) groups is 1. The SMILES string of the molecule is C=CC(=O)NN(C)N(C(=C)/N=C(\N=C)Nc1cccc(N2CCOCC2)c1)C1CCCCO1. The van der Waals surface area contributed by atoms with Crippen molar-refractivity contribution in [2.45, 2.75) is 25.5 Å². The normalized spacial score (nSPS) is 19.0. The van der Waals surface area contributed by atoms with Gasteiger partial charge in [-0.25, -0.2) is 10.0 Å². The molecule has 0 spiro atoms. The van der Waals surface area contributed by atoms with Crippen molar-refractivity contribution in [3.8, 4) is 0 Å². The monoisotopic (exact) mass is 455 g/mol. The van der Waals surface area contributed by atoms with Gasteiger partial charge in [0.05, 0.1) is 13.2 Å². The van der Waals surface area contributed by atoms with E-state index >= 15 is 0 Å². The van der Waals surface area contributed by atoms with Crippen molar-refractivity contribution in [2.75, 3.05) is 50.2 Å². The van der Waals surface area contributed by atoms with Crippen LogP contribution in [-0.4, -0.2) is 74.9 Å². The smallest absolute Gasteiger partial charge is 0.259 e. The van der Waals surface area contributed by atoms with Crippen LogP contribution in [0.25, 0.3) is 0 Å². The van der Waals surface area contributed by atoms with Crippen molar-refractivity contribution in [3.05, 3.63) is 49.3 Å². The van der Waals surface area contributed by atoms with Crippen LogP contribution in [0.1, 0.15) is 19.3 Å². The number of amides is 1. The van der Waals surface area contributed by atoms with Crippen molar-refractivity contribution >= 4 is 30.0 Å². The Labute approximate surface area is 195 Å². The minimum absolute atomic E-state index is 0.281. The molecule has 2 aliphatic heterocycles. The zero-order valence-electron chi connectivity index (χ0n) is 19.2. The first-order valence-electron chi connectivity index (χ1n) is 11.0. The molecular formula is C23H33N7O3. The fraction of sp³-hybridized carbons (Fsp3) is 0.435. The molecule has 1 atom stereocenters. The zero-order chi connectivity index (χ0) is 23.6. The molecule has 33 heavy (non-hydrogen) atoms. The number of hydrogen-bond donors (Lipinski definition) is 2. The number of hydrazine groups is 2. The highest BCUT2D eigenvalue weighted by molar-refractivity contribution is 5.97. The molecule has 0 aliphatic carbocycles. The lowest BCUT2D eigenvalue weighted by molar-refractivity contribution is -0.174. The molecule has 178 valence electrons. The first-order valence-corrected chi connectivity index (χ1v) is 11.0. The molecule has 3 rings (SSSR count). The summed E-state index contributed by atoms with van der Waals surface area (Å²) in [5.74, 6) is 0.270. The number of guanidine groups is 1. The molecule has 1 unspecified atom stereocenters. The molecule has 2 fully saturated rings. The number of rotatable bonds is 8. The number of aliphatic imine (C=N–C) groups is 2. The molecule has 10 heteroatoms. The van der Waals surface area contributed by atoms with Crippen LogP contribution in [0.5, 0.6) is 0 Å². The summed E-state index contributed by atoms with van der Waals surface area (Å²) in [6.45, 7) is 15.0. The van der Waals surface area contributed by atoms with Gasteiger partial charge in [0, 0.05) is 38.1 Å². The van der Waals surface area contributed by atoms with E-state index in [-0.39, 0.29) is 18.1 Å². The molecular weight excluding hydrogens is 422 g/mol. The number of nitrogens with zero attached hydrogens (tertiary/aromatic N) is 5. The average molecular weight is 456 g/mol. The zero-order valence-corrected chi connectivity index (χ0v) is 19.2. The number of nitrogens with one attached hydrogen (secondary N) is 2. The Morgan fingerprint density at radius 1 is 1.27 bits per heavy atom. The van der Waals surface area contributed by atoms with Crippen LogP contribution in [0.3, 0.4) is 0 Å². The lowest BCUT2D eigenvalue weighted by Crippen LogP contribution is -2.55. The van der Waals surface area contributed by atoms with Gasteiger partial charge in [-0.2, -0.15) is 4.99 Å². The third kappa shape index (κ3) is 6.88. The molecule has 2 saturated heterocycles. The summed E-state index contributed by atoms with van der Waals surface area (Å²) in [6.07, 6.45) is 3.64. The molecule has 0 aromatic heterocycles. The quantitative estimate of drug-likeness (QED) is 0.269. The maximum atomic E-state index is 11.9. The number of carbonyl (C=O) groups excluding carboxylic acids is 1. The van der Waals surface area contributed by atoms with E-state index in [0.29, 0.717) is 25.6 Å². The molecule has 2 heterocycles. The van der Waals surface area contributed by atoms with Crippen LogP contribution in [-0.2, 0) is 14.3 Å². The van der Waals surface area contributed by atoms with Crippen molar-refractivity contribution < 1.29 is 14.3 Å². The summed E-state index contributed by atoms with van der Waals surface area (Å²) in [4.78, 5) is 22.7. The molecule has 2 aliphatic rings. The maximum Gasteiger partial charge on any atom is 0.259 e. The van der Waals surface area contributed by atoms with E-state index in [2.05, 4.69) is 51.6 Å². The van der Waals surface area contributed by atoms with Gasteiger partial charge in [0.1, 0.15) is 12.0 Å². The Bertz CT molecular complexity index is 877. The van der Waals surface area contributed by atoms with Crippen LogP contribution in [0.15, 0.2) is 59.3 Å². The van der Waals surface area contributed by atoms with Gasteiger partial charge in [0.2, 0.25) is 5.96 Å². The summed E-state index contributed by atoms with van der Waals surface area (Å²) >= 11 is 0. The topological polar surface area (TPSA) is 94.0 Å². The molecule has 2 N–H and O–H groups in total. The van der Waals surface area contributed by atoms with Crippen molar-refractivity contribution in [3.63, 3.8) is 0 Å². The Morgan fingerprint density at radius 2 is 2.06 bits per heavy atom. The highest BCUT2D eigenvalue weighted by atomic mass is 16.5. The van der Waals surface area contributed by atoms with Gasteiger partial charge in [-0.1, -0.05) is 19.2 Å². The number of benzene rings is 1. The lowest BCUT2D eigenvalue weighted by atomic mass is 10.2. The van der Waals surface area contributed by atoms with E-state index in [0.717, 1.165) is 43.7 Å². The molecule has 10 nitrogen and oxygen atoms in total. The van der Waals surface area contributed by atoms with Crippen LogP contribution in [0.2, 0.25) is 0 Å². The summed E-state index contributed by atoms with van der Waals surface area (Å²) < 4.78 is 11.3. The second kappa shape index (κ2) is 12.1. The maximum absolute atomic E-state index is 11.9. The average Bonchev–Trinajstić information content (AvgIpc) is 2.85. The van der Waals surface area contributed by atoms with Crippen molar-refractivity contribution in [1.82, 2.24) is 15.6 Å². The molecule has 1 aromatic rings. The predicted molar refractivity (Wildman–Crippen MR) is 131 cm³/mol. The second-order valence-electron chi connectivity index (χ2n) is 7.65. The minimum Gasteiger partial charge on any atom is -0.378 e. The highest BCUT2D eigenvalue weighted by Crippen LogP contribution is 2.23. The van der Waals surface area contributed by atoms with Gasteiger partial charge in [-0.3, -0.25) is 10.2 Å². The fourth-order valence-corrected chi connectivity index (χ4v) is 3.72. The van der Waals surface area contributed by atoms with E-state index in [4.69, 9.17) is 9.47 Å². The fourth-order valence-electron chi connectivity index (χ4n) is 3.72. The van der Waals surface area contributed by atoms with Crippen LogP contribution in [0.4, 0.5) is 11.4 Å². The van der Waals surface area contributed by atoms with E-state index < -0.39 is 0 Å². The second-order valence-corrected chi connectivity index (χ2v) is 7.65. The summed E-state index contributed by atoms with van der Waals surface area (Å²) in [5.41, 5.74) is 4.62. The molecule has 0 saturated carbocycles. The van der Waals surface area contributed by atoms with Gasteiger partial charge in [-0.05, 0) is 50.3 Å². The standard InChI is InChI=1S/C23H33N7O3/c1-5-21(31)27-28(4)30(22-11-6-7-14-33-22)18(2)25-23(24-3)26-19-9-8-10-20(17-19)29-12-15-32-16-13-29/h5,8-10,17,22H,1-3,6-7,11-16H2,4H3,(H,25,26)(H,27,31). The Hall–Kier alpha value is -3.21. The molecule has 0 radical (unpaired) electrons. The van der Waals surface area contributed by atoms with Gasteiger partial charge in [-0.15, -0.1) is 5.12 Å². The third-order valence-electron chi connectivity index (χ3n) is 5.34. The summed E-state index contributed by atoms with van der Waals surface area (Å²) in [6, 6.07) is 8.01. The third-order valence-corrected chi connectivity index (χ3v) is 5.34. The molecule has 1 amide bonds.